The molecule has 0 saturated carbocycles. The second kappa shape index (κ2) is 7.15. The standard InChI is InChI=1S/C14H15Cl2NS/c15-9-12(8-11-4-2-1-3-5-11)17-10-13-6-7-14(16)18-13/h1-7,12,17H,8-10H2. The van der Waals surface area contributed by atoms with Crippen LogP contribution in [0.5, 0.6) is 0 Å². The number of hydrogen-bond donors (Lipinski definition) is 1. The van der Waals surface area contributed by atoms with E-state index in [0.29, 0.717) is 5.88 Å². The van der Waals surface area contributed by atoms with Crippen LogP contribution >= 0.6 is 34.5 Å². The Morgan fingerprint density at radius 2 is 1.89 bits per heavy atom. The zero-order valence-corrected chi connectivity index (χ0v) is 12.2. The third kappa shape index (κ3) is 4.29. The summed E-state index contributed by atoms with van der Waals surface area (Å²) >= 11 is 13.5. The van der Waals surface area contributed by atoms with Gasteiger partial charge >= 0.3 is 0 Å². The number of thiophene rings is 1. The molecule has 1 N–H and O–H groups in total. The molecule has 2 aromatic rings. The summed E-state index contributed by atoms with van der Waals surface area (Å²) in [5, 5.41) is 3.47. The van der Waals surface area contributed by atoms with E-state index < -0.39 is 0 Å². The first kappa shape index (κ1) is 13.9. The summed E-state index contributed by atoms with van der Waals surface area (Å²) < 4.78 is 0.831. The molecule has 4 heteroatoms. The zero-order valence-electron chi connectivity index (χ0n) is 9.90. The molecule has 2 rings (SSSR count). The third-order valence-corrected chi connectivity index (χ3v) is 4.31. The van der Waals surface area contributed by atoms with Crippen LogP contribution in [0.3, 0.4) is 0 Å². The highest BCUT2D eigenvalue weighted by molar-refractivity contribution is 7.16. The Labute approximate surface area is 122 Å². The molecule has 0 aliphatic carbocycles. The van der Waals surface area contributed by atoms with Crippen molar-refractivity contribution in [3.8, 4) is 0 Å². The van der Waals surface area contributed by atoms with Gasteiger partial charge in [0.25, 0.3) is 0 Å². The number of benzene rings is 1. The molecule has 18 heavy (non-hydrogen) atoms. The lowest BCUT2D eigenvalue weighted by molar-refractivity contribution is 0.553. The van der Waals surface area contributed by atoms with Gasteiger partial charge in [-0.25, -0.2) is 0 Å². The highest BCUT2D eigenvalue weighted by Gasteiger charge is 2.08. The van der Waals surface area contributed by atoms with Crippen LogP contribution in [0.2, 0.25) is 4.34 Å². The maximum absolute atomic E-state index is 6.00. The van der Waals surface area contributed by atoms with Gasteiger partial charge < -0.3 is 5.32 Å². The predicted molar refractivity (Wildman–Crippen MR) is 80.8 cm³/mol. The molecule has 1 heterocycles. The van der Waals surface area contributed by atoms with Crippen LogP contribution in [0.25, 0.3) is 0 Å². The van der Waals surface area contributed by atoms with Crippen LogP contribution in [0.4, 0.5) is 0 Å². The quantitative estimate of drug-likeness (QED) is 0.782. The number of alkyl halides is 1. The minimum atomic E-state index is 0.287. The highest BCUT2D eigenvalue weighted by atomic mass is 35.5. The Morgan fingerprint density at radius 3 is 2.50 bits per heavy atom. The van der Waals surface area contributed by atoms with E-state index in [1.807, 2.05) is 18.2 Å². The van der Waals surface area contributed by atoms with Crippen molar-refractivity contribution in [1.82, 2.24) is 5.32 Å². The van der Waals surface area contributed by atoms with Gasteiger partial charge in [-0.3, -0.25) is 0 Å². The van der Waals surface area contributed by atoms with Crippen molar-refractivity contribution in [2.24, 2.45) is 0 Å². The molecule has 0 aliphatic heterocycles. The molecule has 0 radical (unpaired) electrons. The van der Waals surface area contributed by atoms with E-state index in [4.69, 9.17) is 23.2 Å². The summed E-state index contributed by atoms with van der Waals surface area (Å²) in [6.45, 7) is 0.821. The van der Waals surface area contributed by atoms with Crippen LogP contribution in [-0.4, -0.2) is 11.9 Å². The molecule has 96 valence electrons. The molecule has 0 spiro atoms. The molecule has 1 atom stereocenters. The number of halogens is 2. The van der Waals surface area contributed by atoms with Gasteiger partial charge in [-0.05, 0) is 24.1 Å². The Kier molecular flexibility index (Phi) is 5.51. The molecule has 1 nitrogen and oxygen atoms in total. The zero-order chi connectivity index (χ0) is 12.8. The number of hydrogen-bond acceptors (Lipinski definition) is 2. The van der Waals surface area contributed by atoms with Crippen LogP contribution < -0.4 is 5.32 Å². The van der Waals surface area contributed by atoms with Crippen LogP contribution in [0.1, 0.15) is 10.4 Å². The normalized spacial score (nSPS) is 12.6. The Morgan fingerprint density at radius 1 is 1.11 bits per heavy atom. The fourth-order valence-corrected chi connectivity index (χ4v) is 3.03. The van der Waals surface area contributed by atoms with Crippen molar-refractivity contribution in [2.75, 3.05) is 5.88 Å². The molecular weight excluding hydrogens is 285 g/mol. The average molecular weight is 300 g/mol. The molecule has 0 bridgehead atoms. The molecular formula is C14H15Cl2NS. The summed E-state index contributed by atoms with van der Waals surface area (Å²) in [7, 11) is 0. The maximum Gasteiger partial charge on any atom is 0.0931 e. The average Bonchev–Trinajstić information content (AvgIpc) is 2.81. The van der Waals surface area contributed by atoms with E-state index in [1.54, 1.807) is 11.3 Å². The molecule has 1 aromatic carbocycles. The lowest BCUT2D eigenvalue weighted by Gasteiger charge is -2.15. The lowest BCUT2D eigenvalue weighted by Crippen LogP contribution is -2.32. The van der Waals surface area contributed by atoms with Gasteiger partial charge in [0.2, 0.25) is 0 Å². The van der Waals surface area contributed by atoms with Crippen molar-refractivity contribution in [2.45, 2.75) is 19.0 Å². The summed E-state index contributed by atoms with van der Waals surface area (Å²) in [4.78, 5) is 1.24. The molecule has 0 fully saturated rings. The van der Waals surface area contributed by atoms with Gasteiger partial charge in [-0.15, -0.1) is 22.9 Å². The van der Waals surface area contributed by atoms with E-state index in [2.05, 4.69) is 29.6 Å². The minimum Gasteiger partial charge on any atom is -0.308 e. The lowest BCUT2D eigenvalue weighted by atomic mass is 10.1. The molecule has 0 amide bonds. The van der Waals surface area contributed by atoms with Crippen molar-refractivity contribution in [3.05, 3.63) is 57.2 Å². The first-order valence-corrected chi connectivity index (χ1v) is 7.58. The van der Waals surface area contributed by atoms with E-state index >= 15 is 0 Å². The predicted octanol–water partition coefficient (Wildman–Crippen LogP) is 4.34. The first-order chi connectivity index (χ1) is 8.78. The second-order valence-electron chi connectivity index (χ2n) is 4.13. The fourth-order valence-electron chi connectivity index (χ4n) is 1.77. The van der Waals surface area contributed by atoms with Gasteiger partial charge in [0.1, 0.15) is 0 Å². The Balaban J connectivity index is 1.86. The van der Waals surface area contributed by atoms with Gasteiger partial charge in [-0.1, -0.05) is 41.9 Å². The van der Waals surface area contributed by atoms with Crippen LogP contribution in [0.15, 0.2) is 42.5 Å². The molecule has 1 aromatic heterocycles. The first-order valence-electron chi connectivity index (χ1n) is 5.85. The summed E-state index contributed by atoms with van der Waals surface area (Å²) in [6, 6.07) is 14.7. The van der Waals surface area contributed by atoms with Gasteiger partial charge in [0.15, 0.2) is 0 Å². The van der Waals surface area contributed by atoms with Crippen LogP contribution in [-0.2, 0) is 13.0 Å². The molecule has 0 aliphatic rings. The summed E-state index contributed by atoms with van der Waals surface area (Å²) in [5.41, 5.74) is 1.31. The minimum absolute atomic E-state index is 0.287. The van der Waals surface area contributed by atoms with E-state index in [0.717, 1.165) is 17.3 Å². The van der Waals surface area contributed by atoms with Gasteiger partial charge in [-0.2, -0.15) is 0 Å². The maximum atomic E-state index is 6.00. The number of nitrogens with one attached hydrogen (secondary N) is 1. The summed E-state index contributed by atoms with van der Waals surface area (Å²) in [5.74, 6) is 0.605. The van der Waals surface area contributed by atoms with E-state index in [9.17, 15) is 0 Å². The Bertz CT molecular complexity index is 470. The van der Waals surface area contributed by atoms with Crippen molar-refractivity contribution in [1.29, 1.82) is 0 Å². The van der Waals surface area contributed by atoms with Gasteiger partial charge in [0.05, 0.1) is 4.34 Å². The topological polar surface area (TPSA) is 12.0 Å². The molecule has 0 saturated heterocycles. The van der Waals surface area contributed by atoms with Crippen LogP contribution in [0, 0.1) is 0 Å². The third-order valence-electron chi connectivity index (χ3n) is 2.71. The second-order valence-corrected chi connectivity index (χ2v) is 6.24. The Hall–Kier alpha value is -0.540. The monoisotopic (exact) mass is 299 g/mol. The van der Waals surface area contributed by atoms with Crippen molar-refractivity contribution in [3.63, 3.8) is 0 Å². The van der Waals surface area contributed by atoms with Gasteiger partial charge in [0, 0.05) is 23.3 Å². The fraction of sp³-hybridized carbons (Fsp3) is 0.286. The molecule has 1 unspecified atom stereocenters. The van der Waals surface area contributed by atoms with E-state index in [-0.39, 0.29) is 6.04 Å². The SMILES string of the molecule is ClCC(Cc1ccccc1)NCc1ccc(Cl)s1. The number of rotatable bonds is 6. The van der Waals surface area contributed by atoms with Crippen molar-refractivity contribution < 1.29 is 0 Å². The largest absolute Gasteiger partial charge is 0.308 e. The summed E-state index contributed by atoms with van der Waals surface area (Å²) in [6.07, 6.45) is 0.948. The van der Waals surface area contributed by atoms with E-state index in [1.165, 1.54) is 10.4 Å². The highest BCUT2D eigenvalue weighted by Crippen LogP contribution is 2.21. The van der Waals surface area contributed by atoms with Crippen molar-refractivity contribution >= 4 is 34.5 Å². The smallest absolute Gasteiger partial charge is 0.0931 e.